The van der Waals surface area contributed by atoms with Gasteiger partial charge in [0.2, 0.25) is 0 Å². The summed E-state index contributed by atoms with van der Waals surface area (Å²) in [5.74, 6) is 4.45. The van der Waals surface area contributed by atoms with Gasteiger partial charge in [-0.2, -0.15) is 11.8 Å². The van der Waals surface area contributed by atoms with Crippen LogP contribution in [0.15, 0.2) is 12.1 Å². The third kappa shape index (κ3) is 2.50. The molecule has 1 aromatic rings. The number of rotatable bonds is 3. The van der Waals surface area contributed by atoms with E-state index in [2.05, 4.69) is 30.9 Å². The maximum absolute atomic E-state index is 10.2. The minimum absolute atomic E-state index is 0.343. The normalized spacial score (nSPS) is 29.7. The minimum atomic E-state index is 0.343. The van der Waals surface area contributed by atoms with Gasteiger partial charge < -0.3 is 10.4 Å². The highest BCUT2D eigenvalue weighted by atomic mass is 32.2. The number of nitrogens with one attached hydrogen (secondary N) is 1. The molecule has 3 rings (SSSR count). The number of hydrogen-bond donors (Lipinski definition) is 2. The number of aromatic hydroxyl groups is 1. The van der Waals surface area contributed by atoms with E-state index >= 15 is 0 Å². The first-order valence-electron chi connectivity index (χ1n) is 7.30. The van der Waals surface area contributed by atoms with E-state index in [0.717, 1.165) is 24.4 Å². The van der Waals surface area contributed by atoms with Crippen LogP contribution >= 0.6 is 11.8 Å². The predicted molar refractivity (Wildman–Crippen MR) is 82.1 cm³/mol. The molecule has 3 heteroatoms. The highest BCUT2D eigenvalue weighted by Crippen LogP contribution is 2.46. The van der Waals surface area contributed by atoms with Gasteiger partial charge in [0.1, 0.15) is 5.75 Å². The van der Waals surface area contributed by atoms with Crippen molar-refractivity contribution >= 4 is 11.8 Å². The average molecular weight is 277 g/mol. The zero-order valence-corrected chi connectivity index (χ0v) is 12.6. The van der Waals surface area contributed by atoms with Crippen LogP contribution in [0.4, 0.5) is 0 Å². The fraction of sp³-hybridized carbons (Fsp3) is 0.625. The van der Waals surface area contributed by atoms with E-state index in [-0.39, 0.29) is 0 Å². The second kappa shape index (κ2) is 5.37. The van der Waals surface area contributed by atoms with E-state index in [0.29, 0.717) is 17.7 Å². The molecule has 3 atom stereocenters. The van der Waals surface area contributed by atoms with Gasteiger partial charge in [0.15, 0.2) is 0 Å². The second-order valence-corrected chi connectivity index (χ2v) is 7.21. The third-order valence-electron chi connectivity index (χ3n) is 4.59. The zero-order chi connectivity index (χ0) is 13.4. The van der Waals surface area contributed by atoms with Crippen molar-refractivity contribution in [2.24, 2.45) is 5.92 Å². The van der Waals surface area contributed by atoms with Gasteiger partial charge in [-0.1, -0.05) is 13.0 Å². The van der Waals surface area contributed by atoms with Gasteiger partial charge in [-0.05, 0) is 66.8 Å². The van der Waals surface area contributed by atoms with Crippen LogP contribution in [0, 0.1) is 12.8 Å². The van der Waals surface area contributed by atoms with Gasteiger partial charge in [-0.15, -0.1) is 0 Å². The van der Waals surface area contributed by atoms with Crippen LogP contribution in [0.2, 0.25) is 0 Å². The Hall–Kier alpha value is -0.670. The van der Waals surface area contributed by atoms with Crippen molar-refractivity contribution in [1.29, 1.82) is 0 Å². The van der Waals surface area contributed by atoms with Gasteiger partial charge in [0.05, 0.1) is 0 Å². The highest BCUT2D eigenvalue weighted by molar-refractivity contribution is 7.99. The van der Waals surface area contributed by atoms with Crippen molar-refractivity contribution in [3.8, 4) is 5.75 Å². The van der Waals surface area contributed by atoms with Crippen LogP contribution in [-0.2, 0) is 0 Å². The van der Waals surface area contributed by atoms with Crippen molar-refractivity contribution in [2.45, 2.75) is 38.6 Å². The summed E-state index contributed by atoms with van der Waals surface area (Å²) in [6.07, 6.45) is 2.46. The van der Waals surface area contributed by atoms with Crippen LogP contribution in [0.3, 0.4) is 0 Å². The average Bonchev–Trinajstić information content (AvgIpc) is 2.99. The van der Waals surface area contributed by atoms with Gasteiger partial charge in [0.25, 0.3) is 0 Å². The Balaban J connectivity index is 1.77. The number of hydrogen-bond acceptors (Lipinski definition) is 3. The molecule has 2 N–H and O–H groups in total. The predicted octanol–water partition coefficient (Wildman–Crippen LogP) is 3.59. The third-order valence-corrected chi connectivity index (χ3v) is 5.82. The number of phenols is 1. The molecule has 1 fully saturated rings. The molecule has 1 aliphatic heterocycles. The Morgan fingerprint density at radius 3 is 2.95 bits per heavy atom. The number of aryl methyl sites for hydroxylation is 1. The Bertz CT molecular complexity index is 468. The lowest BCUT2D eigenvalue weighted by molar-refractivity contribution is 0.423. The summed E-state index contributed by atoms with van der Waals surface area (Å²) in [4.78, 5) is 0. The SMILES string of the molecule is Cc1ccc(O)c2c1C(C)CC2NCC1CCSC1. The molecule has 0 bridgehead atoms. The van der Waals surface area contributed by atoms with E-state index in [1.807, 2.05) is 12.1 Å². The molecule has 104 valence electrons. The Morgan fingerprint density at radius 1 is 1.37 bits per heavy atom. The van der Waals surface area contributed by atoms with Gasteiger partial charge in [-0.3, -0.25) is 0 Å². The summed E-state index contributed by atoms with van der Waals surface area (Å²) in [5, 5.41) is 13.9. The topological polar surface area (TPSA) is 32.3 Å². The van der Waals surface area contributed by atoms with Crippen molar-refractivity contribution in [3.63, 3.8) is 0 Å². The number of benzene rings is 1. The summed E-state index contributed by atoms with van der Waals surface area (Å²) >= 11 is 2.07. The van der Waals surface area contributed by atoms with E-state index in [4.69, 9.17) is 0 Å². The molecule has 0 radical (unpaired) electrons. The summed E-state index contributed by atoms with van der Waals surface area (Å²) in [6.45, 7) is 5.53. The molecule has 0 amide bonds. The maximum Gasteiger partial charge on any atom is 0.120 e. The molecule has 0 saturated carbocycles. The zero-order valence-electron chi connectivity index (χ0n) is 11.8. The first kappa shape index (κ1) is 13.3. The molecule has 3 unspecified atom stereocenters. The summed E-state index contributed by atoms with van der Waals surface area (Å²) in [7, 11) is 0. The Morgan fingerprint density at radius 2 is 2.21 bits per heavy atom. The smallest absolute Gasteiger partial charge is 0.120 e. The largest absolute Gasteiger partial charge is 0.508 e. The molecule has 0 spiro atoms. The van der Waals surface area contributed by atoms with Crippen molar-refractivity contribution in [1.82, 2.24) is 5.32 Å². The van der Waals surface area contributed by atoms with Crippen molar-refractivity contribution in [3.05, 3.63) is 28.8 Å². The first-order chi connectivity index (χ1) is 9.16. The molecular weight excluding hydrogens is 254 g/mol. The second-order valence-electron chi connectivity index (χ2n) is 6.06. The van der Waals surface area contributed by atoms with Crippen LogP contribution in [0.1, 0.15) is 48.4 Å². The molecule has 1 aliphatic carbocycles. The first-order valence-corrected chi connectivity index (χ1v) is 8.45. The standard InChI is InChI=1S/C16H23NOS/c1-10-3-4-14(18)16-13(7-11(2)15(10)16)17-8-12-5-6-19-9-12/h3-4,11-13,17-18H,5-9H2,1-2H3. The van der Waals surface area contributed by atoms with Crippen LogP contribution in [-0.4, -0.2) is 23.2 Å². The van der Waals surface area contributed by atoms with Crippen LogP contribution in [0.25, 0.3) is 0 Å². The monoisotopic (exact) mass is 277 g/mol. The summed E-state index contributed by atoms with van der Waals surface area (Å²) in [5.41, 5.74) is 3.86. The minimum Gasteiger partial charge on any atom is -0.508 e. The Kier molecular flexibility index (Phi) is 3.77. The lowest BCUT2D eigenvalue weighted by atomic mass is 9.97. The van der Waals surface area contributed by atoms with E-state index < -0.39 is 0 Å². The van der Waals surface area contributed by atoms with Crippen LogP contribution < -0.4 is 5.32 Å². The lowest BCUT2D eigenvalue weighted by Crippen LogP contribution is -2.26. The fourth-order valence-electron chi connectivity index (χ4n) is 3.58. The van der Waals surface area contributed by atoms with E-state index in [9.17, 15) is 5.11 Å². The molecule has 1 heterocycles. The van der Waals surface area contributed by atoms with Crippen LogP contribution in [0.5, 0.6) is 5.75 Å². The molecule has 19 heavy (non-hydrogen) atoms. The molecule has 0 aromatic heterocycles. The Labute approximate surface area is 120 Å². The van der Waals surface area contributed by atoms with Crippen molar-refractivity contribution < 1.29 is 5.11 Å². The highest BCUT2D eigenvalue weighted by Gasteiger charge is 2.32. The number of phenolic OH excluding ortho intramolecular Hbond substituents is 1. The molecular formula is C16H23NOS. The molecule has 1 saturated heterocycles. The lowest BCUT2D eigenvalue weighted by Gasteiger charge is -2.18. The maximum atomic E-state index is 10.2. The summed E-state index contributed by atoms with van der Waals surface area (Å²) in [6, 6.07) is 4.24. The molecule has 2 aliphatic rings. The van der Waals surface area contributed by atoms with Gasteiger partial charge in [-0.25, -0.2) is 0 Å². The number of fused-ring (bicyclic) bond motifs is 1. The fourth-order valence-corrected chi connectivity index (χ4v) is 4.87. The summed E-state index contributed by atoms with van der Waals surface area (Å²) < 4.78 is 0. The van der Waals surface area contributed by atoms with Gasteiger partial charge in [0, 0.05) is 11.6 Å². The molecule has 1 aromatic carbocycles. The van der Waals surface area contributed by atoms with Gasteiger partial charge >= 0.3 is 0 Å². The van der Waals surface area contributed by atoms with Crippen molar-refractivity contribution in [2.75, 3.05) is 18.1 Å². The number of thioether (sulfide) groups is 1. The van der Waals surface area contributed by atoms with E-state index in [1.165, 1.54) is 29.1 Å². The quantitative estimate of drug-likeness (QED) is 0.885. The molecule has 2 nitrogen and oxygen atoms in total. The van der Waals surface area contributed by atoms with E-state index in [1.54, 1.807) is 0 Å².